The summed E-state index contributed by atoms with van der Waals surface area (Å²) >= 11 is 0. The molecule has 0 N–H and O–H groups in total. The molecule has 164 valence electrons. The number of methoxy groups -OCH3 is 3. The molecule has 2 heterocycles. The van der Waals surface area contributed by atoms with Crippen molar-refractivity contribution in [1.29, 1.82) is 0 Å². The van der Waals surface area contributed by atoms with Crippen LogP contribution in [0.4, 0.5) is 0 Å². The van der Waals surface area contributed by atoms with Crippen LogP contribution in [0, 0.1) is 6.92 Å². The summed E-state index contributed by atoms with van der Waals surface area (Å²) in [5, 5.41) is 0. The number of furan rings is 1. The second kappa shape index (κ2) is 8.50. The van der Waals surface area contributed by atoms with Gasteiger partial charge in [0.05, 0.1) is 32.5 Å². The number of ether oxygens (including phenoxy) is 5. The van der Waals surface area contributed by atoms with Crippen molar-refractivity contribution in [2.45, 2.75) is 6.92 Å². The summed E-state index contributed by atoms with van der Waals surface area (Å²) in [5.41, 5.74) is 0.567. The minimum Gasteiger partial charge on any atom is -0.493 e. The standard InChI is InChI=1S/C24H20O8/c1-13-5-6-15(30-13)12-19-22(25)17-8-7-16(11-18(17)32-19)31-24(26)14-9-20(27-2)23(29-4)21(10-14)28-3/h5-12H,1-4H3/b19-12-. The number of carbonyl (C=O) groups excluding carboxylic acids is 2. The van der Waals surface area contributed by atoms with E-state index in [1.807, 2.05) is 6.92 Å². The molecule has 4 rings (SSSR count). The van der Waals surface area contributed by atoms with Gasteiger partial charge in [-0.25, -0.2) is 4.79 Å². The molecule has 8 heteroatoms. The van der Waals surface area contributed by atoms with Crippen molar-refractivity contribution < 1.29 is 37.7 Å². The van der Waals surface area contributed by atoms with E-state index in [1.165, 1.54) is 51.7 Å². The van der Waals surface area contributed by atoms with Gasteiger partial charge in [-0.05, 0) is 43.3 Å². The molecular weight excluding hydrogens is 416 g/mol. The summed E-state index contributed by atoms with van der Waals surface area (Å²) in [7, 11) is 4.38. The average molecular weight is 436 g/mol. The normalized spacial score (nSPS) is 13.5. The topological polar surface area (TPSA) is 93.4 Å². The molecule has 0 radical (unpaired) electrons. The van der Waals surface area contributed by atoms with Crippen LogP contribution >= 0.6 is 0 Å². The first kappa shape index (κ1) is 21.0. The van der Waals surface area contributed by atoms with Gasteiger partial charge < -0.3 is 28.1 Å². The van der Waals surface area contributed by atoms with E-state index in [2.05, 4.69) is 0 Å². The van der Waals surface area contributed by atoms with Crippen LogP contribution in [0.2, 0.25) is 0 Å². The van der Waals surface area contributed by atoms with Gasteiger partial charge in [0.2, 0.25) is 11.5 Å². The Kier molecular flexibility index (Phi) is 5.59. The number of allylic oxidation sites excluding steroid dienone is 1. The number of carbonyl (C=O) groups is 2. The highest BCUT2D eigenvalue weighted by atomic mass is 16.5. The van der Waals surface area contributed by atoms with Gasteiger partial charge in [0, 0.05) is 12.1 Å². The van der Waals surface area contributed by atoms with Crippen LogP contribution in [0.5, 0.6) is 28.7 Å². The number of fused-ring (bicyclic) bond motifs is 1. The molecule has 3 aromatic rings. The van der Waals surface area contributed by atoms with Gasteiger partial charge in [-0.3, -0.25) is 4.79 Å². The van der Waals surface area contributed by atoms with Gasteiger partial charge in [-0.1, -0.05) is 0 Å². The number of hydrogen-bond acceptors (Lipinski definition) is 8. The predicted octanol–water partition coefficient (Wildman–Crippen LogP) is 4.45. The maximum atomic E-state index is 12.7. The van der Waals surface area contributed by atoms with Gasteiger partial charge in [-0.15, -0.1) is 0 Å². The summed E-state index contributed by atoms with van der Waals surface area (Å²) < 4.78 is 32.4. The zero-order valence-electron chi connectivity index (χ0n) is 17.9. The van der Waals surface area contributed by atoms with Crippen LogP contribution in [0.25, 0.3) is 6.08 Å². The third-order valence-electron chi connectivity index (χ3n) is 4.79. The number of rotatable bonds is 6. The number of ketones is 1. The molecule has 0 amide bonds. The summed E-state index contributed by atoms with van der Waals surface area (Å²) in [6.07, 6.45) is 1.52. The van der Waals surface area contributed by atoms with E-state index < -0.39 is 5.97 Å². The molecule has 32 heavy (non-hydrogen) atoms. The molecule has 0 spiro atoms. The number of esters is 1. The van der Waals surface area contributed by atoms with E-state index in [4.69, 9.17) is 28.1 Å². The molecule has 0 fully saturated rings. The van der Waals surface area contributed by atoms with Crippen molar-refractivity contribution in [3.8, 4) is 28.7 Å². The highest BCUT2D eigenvalue weighted by Gasteiger charge is 2.28. The quantitative estimate of drug-likeness (QED) is 0.318. The summed E-state index contributed by atoms with van der Waals surface area (Å²) in [6.45, 7) is 1.81. The van der Waals surface area contributed by atoms with Crippen molar-refractivity contribution in [3.05, 3.63) is 70.9 Å². The average Bonchev–Trinajstić information content (AvgIpc) is 3.34. The van der Waals surface area contributed by atoms with Gasteiger partial charge in [0.25, 0.3) is 0 Å². The van der Waals surface area contributed by atoms with Crippen molar-refractivity contribution in [2.24, 2.45) is 0 Å². The van der Waals surface area contributed by atoms with Gasteiger partial charge >= 0.3 is 5.97 Å². The maximum absolute atomic E-state index is 12.7. The van der Waals surface area contributed by atoms with E-state index in [0.717, 1.165) is 5.76 Å². The first-order valence-electron chi connectivity index (χ1n) is 9.60. The van der Waals surface area contributed by atoms with E-state index >= 15 is 0 Å². The van der Waals surface area contributed by atoms with Crippen LogP contribution in [-0.4, -0.2) is 33.1 Å². The number of aryl methyl sites for hydroxylation is 1. The molecule has 0 aliphatic carbocycles. The summed E-state index contributed by atoms with van der Waals surface area (Å²) in [4.78, 5) is 25.3. The smallest absolute Gasteiger partial charge is 0.343 e. The summed E-state index contributed by atoms with van der Waals surface area (Å²) in [5.74, 6) is 1.95. The minimum atomic E-state index is -0.643. The second-order valence-electron chi connectivity index (χ2n) is 6.85. The number of Topliss-reactive ketones (excluding diaryl/α,β-unsaturated/α-hetero) is 1. The molecule has 0 unspecified atom stereocenters. The predicted molar refractivity (Wildman–Crippen MR) is 114 cm³/mol. The third kappa shape index (κ3) is 3.90. The fourth-order valence-corrected chi connectivity index (χ4v) is 3.26. The van der Waals surface area contributed by atoms with Crippen molar-refractivity contribution in [3.63, 3.8) is 0 Å². The van der Waals surface area contributed by atoms with Crippen LogP contribution in [0.15, 0.2) is 52.6 Å². The molecule has 0 saturated carbocycles. The van der Waals surface area contributed by atoms with Crippen LogP contribution in [0.3, 0.4) is 0 Å². The fraction of sp³-hybridized carbons (Fsp3) is 0.167. The second-order valence-corrected chi connectivity index (χ2v) is 6.85. The van der Waals surface area contributed by atoms with Gasteiger partial charge in [-0.2, -0.15) is 0 Å². The van der Waals surface area contributed by atoms with Crippen molar-refractivity contribution in [1.82, 2.24) is 0 Å². The van der Waals surface area contributed by atoms with Crippen molar-refractivity contribution in [2.75, 3.05) is 21.3 Å². The molecule has 2 aromatic carbocycles. The molecule has 0 atom stereocenters. The Bertz CT molecular complexity index is 1210. The molecule has 0 saturated heterocycles. The van der Waals surface area contributed by atoms with E-state index in [9.17, 15) is 9.59 Å². The monoisotopic (exact) mass is 436 g/mol. The van der Waals surface area contributed by atoms with Gasteiger partial charge in [0.1, 0.15) is 23.0 Å². The maximum Gasteiger partial charge on any atom is 0.343 e. The molecule has 0 bridgehead atoms. The lowest BCUT2D eigenvalue weighted by molar-refractivity contribution is 0.0733. The minimum absolute atomic E-state index is 0.127. The zero-order chi connectivity index (χ0) is 22.8. The van der Waals surface area contributed by atoms with E-state index in [1.54, 1.807) is 18.2 Å². The number of benzene rings is 2. The lowest BCUT2D eigenvalue weighted by Crippen LogP contribution is -2.09. The molecular formula is C24H20O8. The fourth-order valence-electron chi connectivity index (χ4n) is 3.26. The molecule has 1 aromatic heterocycles. The highest BCUT2D eigenvalue weighted by molar-refractivity contribution is 6.14. The largest absolute Gasteiger partial charge is 0.493 e. The first-order valence-corrected chi connectivity index (χ1v) is 9.60. The van der Waals surface area contributed by atoms with Crippen LogP contribution in [0.1, 0.15) is 32.2 Å². The lowest BCUT2D eigenvalue weighted by Gasteiger charge is -2.13. The third-order valence-corrected chi connectivity index (χ3v) is 4.79. The van der Waals surface area contributed by atoms with Gasteiger partial charge in [0.15, 0.2) is 17.3 Å². The zero-order valence-corrected chi connectivity index (χ0v) is 17.9. The van der Waals surface area contributed by atoms with E-state index in [-0.39, 0.29) is 22.9 Å². The first-order chi connectivity index (χ1) is 15.4. The number of hydrogen-bond donors (Lipinski definition) is 0. The Morgan fingerprint density at radius 3 is 2.25 bits per heavy atom. The van der Waals surface area contributed by atoms with Crippen molar-refractivity contribution >= 4 is 17.8 Å². The Morgan fingerprint density at radius 1 is 0.938 bits per heavy atom. The Morgan fingerprint density at radius 2 is 1.66 bits per heavy atom. The SMILES string of the molecule is COc1cc(C(=O)Oc2ccc3c(c2)O/C(=C\c2ccc(C)o2)C3=O)cc(OC)c1OC. The molecule has 1 aliphatic rings. The lowest BCUT2D eigenvalue weighted by atomic mass is 10.1. The Balaban J connectivity index is 1.57. The van der Waals surface area contributed by atoms with Crippen LogP contribution in [-0.2, 0) is 0 Å². The summed E-state index contributed by atoms with van der Waals surface area (Å²) in [6, 6.07) is 11.1. The highest BCUT2D eigenvalue weighted by Crippen LogP contribution is 2.39. The Labute approximate surface area is 183 Å². The molecule has 8 nitrogen and oxygen atoms in total. The molecule has 1 aliphatic heterocycles. The van der Waals surface area contributed by atoms with E-state index in [0.29, 0.717) is 34.3 Å². The Hall–Kier alpha value is -4.20. The van der Waals surface area contributed by atoms with Crippen LogP contribution < -0.4 is 23.7 Å².